The summed E-state index contributed by atoms with van der Waals surface area (Å²) in [5.41, 5.74) is 7.59. The summed E-state index contributed by atoms with van der Waals surface area (Å²) < 4.78 is 6.76. The van der Waals surface area contributed by atoms with E-state index in [1.165, 1.54) is 0 Å². The van der Waals surface area contributed by atoms with E-state index < -0.39 is 6.10 Å². The van der Waals surface area contributed by atoms with Gasteiger partial charge in [-0.05, 0) is 37.5 Å². The Kier molecular flexibility index (Phi) is 6.49. The Labute approximate surface area is 129 Å². The third-order valence-electron chi connectivity index (χ3n) is 2.88. The molecule has 0 aliphatic carbocycles. The van der Waals surface area contributed by atoms with Crippen molar-refractivity contribution < 1.29 is 9.53 Å². The largest absolute Gasteiger partial charge is 0.480 e. The molecule has 1 rings (SSSR count). The van der Waals surface area contributed by atoms with Gasteiger partial charge < -0.3 is 15.8 Å². The number of rotatable bonds is 6. The first-order valence-corrected chi connectivity index (χ1v) is 7.57. The highest BCUT2D eigenvalue weighted by atomic mass is 79.9. The van der Waals surface area contributed by atoms with Crippen molar-refractivity contribution in [1.82, 2.24) is 5.32 Å². The molecule has 0 radical (unpaired) electrons. The Morgan fingerprint density at radius 1 is 1.40 bits per heavy atom. The fraction of sp³-hybridized carbons (Fsp3) is 0.533. The van der Waals surface area contributed by atoms with Gasteiger partial charge >= 0.3 is 0 Å². The highest BCUT2D eigenvalue weighted by molar-refractivity contribution is 9.10. The number of hydrogen-bond donors (Lipinski definition) is 2. The van der Waals surface area contributed by atoms with Gasteiger partial charge in [-0.3, -0.25) is 4.79 Å². The molecule has 5 heteroatoms. The van der Waals surface area contributed by atoms with E-state index in [1.54, 1.807) is 6.92 Å². The van der Waals surface area contributed by atoms with Crippen LogP contribution in [0.2, 0.25) is 0 Å². The second-order valence-electron chi connectivity index (χ2n) is 5.31. The molecule has 0 bridgehead atoms. The van der Waals surface area contributed by atoms with Crippen molar-refractivity contribution in [2.75, 3.05) is 6.54 Å². The molecule has 1 aromatic rings. The summed E-state index contributed by atoms with van der Waals surface area (Å²) in [4.78, 5) is 12.0. The second kappa shape index (κ2) is 7.64. The van der Waals surface area contributed by atoms with Gasteiger partial charge in [-0.1, -0.05) is 29.8 Å². The number of aryl methyl sites for hydroxylation is 1. The SMILES string of the molecule is Cc1cc(Br)cc(CN)c1OC(C)C(=O)NCC(C)C. The van der Waals surface area contributed by atoms with Gasteiger partial charge in [0.05, 0.1) is 0 Å². The van der Waals surface area contributed by atoms with Crippen molar-refractivity contribution in [3.05, 3.63) is 27.7 Å². The monoisotopic (exact) mass is 342 g/mol. The van der Waals surface area contributed by atoms with Crippen LogP contribution in [-0.2, 0) is 11.3 Å². The number of hydrogen-bond acceptors (Lipinski definition) is 3. The molecule has 0 aliphatic rings. The van der Waals surface area contributed by atoms with Crippen molar-refractivity contribution >= 4 is 21.8 Å². The fourth-order valence-electron chi connectivity index (χ4n) is 1.80. The third-order valence-corrected chi connectivity index (χ3v) is 3.34. The number of nitrogens with two attached hydrogens (primary N) is 1. The number of halogens is 1. The summed E-state index contributed by atoms with van der Waals surface area (Å²) in [6, 6.07) is 3.87. The first-order chi connectivity index (χ1) is 9.35. The van der Waals surface area contributed by atoms with Crippen LogP contribution >= 0.6 is 15.9 Å². The number of carbonyl (C=O) groups is 1. The number of benzene rings is 1. The number of carbonyl (C=O) groups excluding carboxylic acids is 1. The molecule has 0 aliphatic heterocycles. The lowest BCUT2D eigenvalue weighted by atomic mass is 10.1. The summed E-state index contributed by atoms with van der Waals surface area (Å²) in [5, 5.41) is 2.87. The normalized spacial score (nSPS) is 12.3. The summed E-state index contributed by atoms with van der Waals surface area (Å²) in [6.07, 6.45) is -0.543. The summed E-state index contributed by atoms with van der Waals surface area (Å²) in [7, 11) is 0. The standard InChI is InChI=1S/C15H23BrN2O2/c1-9(2)8-18-15(19)11(4)20-14-10(3)5-13(16)6-12(14)7-17/h5-6,9,11H,7-8,17H2,1-4H3,(H,18,19). The Hall–Kier alpha value is -1.07. The van der Waals surface area contributed by atoms with Crippen molar-refractivity contribution in [3.63, 3.8) is 0 Å². The maximum Gasteiger partial charge on any atom is 0.260 e. The third kappa shape index (κ3) is 4.80. The van der Waals surface area contributed by atoms with Crippen LogP contribution in [0.15, 0.2) is 16.6 Å². The Morgan fingerprint density at radius 3 is 2.60 bits per heavy atom. The first kappa shape index (κ1) is 17.0. The van der Waals surface area contributed by atoms with Crippen LogP contribution in [0.5, 0.6) is 5.75 Å². The maximum atomic E-state index is 12.0. The molecule has 0 saturated heterocycles. The lowest BCUT2D eigenvalue weighted by Gasteiger charge is -2.19. The number of nitrogens with one attached hydrogen (secondary N) is 1. The van der Waals surface area contributed by atoms with Gasteiger partial charge in [0, 0.05) is 23.1 Å². The zero-order valence-corrected chi connectivity index (χ0v) is 14.1. The van der Waals surface area contributed by atoms with Crippen LogP contribution in [0.1, 0.15) is 31.9 Å². The molecule has 112 valence electrons. The maximum absolute atomic E-state index is 12.0. The van der Waals surface area contributed by atoms with E-state index in [-0.39, 0.29) is 5.91 Å². The highest BCUT2D eigenvalue weighted by Gasteiger charge is 2.17. The number of amides is 1. The molecule has 0 fully saturated rings. The molecule has 1 unspecified atom stereocenters. The van der Waals surface area contributed by atoms with E-state index in [2.05, 4.69) is 35.1 Å². The molecule has 1 aromatic carbocycles. The van der Waals surface area contributed by atoms with Crippen LogP contribution < -0.4 is 15.8 Å². The van der Waals surface area contributed by atoms with Gasteiger partial charge in [0.25, 0.3) is 5.91 Å². The quantitative estimate of drug-likeness (QED) is 0.835. The summed E-state index contributed by atoms with van der Waals surface area (Å²) in [5.74, 6) is 1.01. The molecule has 3 N–H and O–H groups in total. The van der Waals surface area contributed by atoms with Gasteiger partial charge in [-0.15, -0.1) is 0 Å². The van der Waals surface area contributed by atoms with Crippen molar-refractivity contribution in [3.8, 4) is 5.75 Å². The molecular weight excluding hydrogens is 320 g/mol. The minimum atomic E-state index is -0.543. The molecular formula is C15H23BrN2O2. The zero-order valence-electron chi connectivity index (χ0n) is 12.5. The summed E-state index contributed by atoms with van der Waals surface area (Å²) in [6.45, 7) is 8.81. The van der Waals surface area contributed by atoms with E-state index in [0.717, 1.165) is 15.6 Å². The summed E-state index contributed by atoms with van der Waals surface area (Å²) >= 11 is 3.43. The molecule has 0 saturated carbocycles. The Morgan fingerprint density at radius 2 is 2.05 bits per heavy atom. The molecule has 0 spiro atoms. The van der Waals surface area contributed by atoms with Gasteiger partial charge in [0.15, 0.2) is 6.10 Å². The highest BCUT2D eigenvalue weighted by Crippen LogP contribution is 2.28. The van der Waals surface area contributed by atoms with Gasteiger partial charge in [-0.25, -0.2) is 0 Å². The predicted molar refractivity (Wildman–Crippen MR) is 84.7 cm³/mol. The number of ether oxygens (including phenoxy) is 1. The molecule has 4 nitrogen and oxygen atoms in total. The van der Waals surface area contributed by atoms with Crippen molar-refractivity contribution in [2.45, 2.75) is 40.3 Å². The van der Waals surface area contributed by atoms with Gasteiger partial charge in [0.2, 0.25) is 0 Å². The average molecular weight is 343 g/mol. The van der Waals surface area contributed by atoms with Crippen LogP contribution in [-0.4, -0.2) is 18.6 Å². The predicted octanol–water partition coefficient (Wildman–Crippen LogP) is 2.76. The van der Waals surface area contributed by atoms with Crippen LogP contribution in [0.4, 0.5) is 0 Å². The molecule has 1 atom stereocenters. The van der Waals surface area contributed by atoms with Crippen molar-refractivity contribution in [2.24, 2.45) is 11.7 Å². The molecule has 1 amide bonds. The average Bonchev–Trinajstić information content (AvgIpc) is 2.38. The topological polar surface area (TPSA) is 64.3 Å². The Bertz CT molecular complexity index is 475. The molecule has 0 aromatic heterocycles. The van der Waals surface area contributed by atoms with E-state index >= 15 is 0 Å². The van der Waals surface area contributed by atoms with E-state index in [1.807, 2.05) is 19.1 Å². The smallest absolute Gasteiger partial charge is 0.260 e. The zero-order chi connectivity index (χ0) is 15.3. The van der Waals surface area contributed by atoms with Crippen molar-refractivity contribution in [1.29, 1.82) is 0 Å². The lowest BCUT2D eigenvalue weighted by molar-refractivity contribution is -0.127. The Balaban J connectivity index is 2.80. The first-order valence-electron chi connectivity index (χ1n) is 6.78. The second-order valence-corrected chi connectivity index (χ2v) is 6.23. The molecule has 0 heterocycles. The van der Waals surface area contributed by atoms with Crippen LogP contribution in [0.3, 0.4) is 0 Å². The van der Waals surface area contributed by atoms with Gasteiger partial charge in [-0.2, -0.15) is 0 Å². The molecule has 20 heavy (non-hydrogen) atoms. The van der Waals surface area contributed by atoms with Crippen LogP contribution in [0, 0.1) is 12.8 Å². The van der Waals surface area contributed by atoms with E-state index in [0.29, 0.717) is 24.8 Å². The van der Waals surface area contributed by atoms with Gasteiger partial charge in [0.1, 0.15) is 5.75 Å². The van der Waals surface area contributed by atoms with E-state index in [9.17, 15) is 4.79 Å². The fourth-order valence-corrected chi connectivity index (χ4v) is 2.42. The van der Waals surface area contributed by atoms with E-state index in [4.69, 9.17) is 10.5 Å². The lowest BCUT2D eigenvalue weighted by Crippen LogP contribution is -2.38. The van der Waals surface area contributed by atoms with Crippen LogP contribution in [0.25, 0.3) is 0 Å². The minimum absolute atomic E-state index is 0.107. The minimum Gasteiger partial charge on any atom is -0.480 e.